The Labute approximate surface area is 168 Å². The minimum atomic E-state index is -0.0242. The van der Waals surface area contributed by atoms with Gasteiger partial charge < -0.3 is 15.1 Å². The van der Waals surface area contributed by atoms with E-state index < -0.39 is 0 Å². The molecule has 3 aromatic rings. The number of carbonyl (C=O) groups is 1. The Kier molecular flexibility index (Phi) is 5.29. The van der Waals surface area contributed by atoms with Crippen LogP contribution in [-0.4, -0.2) is 51.9 Å². The fraction of sp³-hybridized carbons (Fsp3) is 0.190. The Bertz CT molecular complexity index is 1020. The average Bonchev–Trinajstić information content (AvgIpc) is 2.80. The maximum absolute atomic E-state index is 12.9. The van der Waals surface area contributed by atoms with Gasteiger partial charge >= 0.3 is 0 Å². The van der Waals surface area contributed by atoms with Crippen molar-refractivity contribution in [1.82, 2.24) is 19.9 Å². The maximum Gasteiger partial charge on any atom is 0.254 e. The first-order chi connectivity index (χ1) is 14.2. The van der Waals surface area contributed by atoms with Crippen molar-refractivity contribution in [2.75, 3.05) is 36.4 Å². The van der Waals surface area contributed by atoms with Gasteiger partial charge in [0.1, 0.15) is 5.82 Å². The van der Waals surface area contributed by atoms with E-state index in [1.807, 2.05) is 4.90 Å². The van der Waals surface area contributed by atoms with Crippen LogP contribution < -0.4 is 10.2 Å². The molecule has 1 aliphatic rings. The number of amides is 1. The van der Waals surface area contributed by atoms with E-state index in [2.05, 4.69) is 31.2 Å². The molecule has 2 aromatic heterocycles. The molecule has 0 bridgehead atoms. The summed E-state index contributed by atoms with van der Waals surface area (Å²) < 4.78 is 0. The molecule has 1 aliphatic heterocycles. The van der Waals surface area contributed by atoms with Crippen LogP contribution in [0.15, 0.2) is 61.1 Å². The molecular weight excluding hydrogens is 366 g/mol. The van der Waals surface area contributed by atoms with Crippen LogP contribution in [0.25, 0.3) is 0 Å². The number of benzene rings is 1. The molecule has 0 aliphatic carbocycles. The molecule has 4 rings (SSSR count). The lowest BCUT2D eigenvalue weighted by Gasteiger charge is -2.34. The molecule has 0 saturated carbocycles. The number of pyridine rings is 1. The number of hydrogen-bond acceptors (Lipinski definition) is 7. The lowest BCUT2D eigenvalue weighted by Crippen LogP contribution is -2.49. The first-order valence-corrected chi connectivity index (χ1v) is 9.27. The highest BCUT2D eigenvalue weighted by Gasteiger charge is 2.23. The Hall–Kier alpha value is -3.99. The molecule has 3 heterocycles. The number of nitriles is 1. The maximum atomic E-state index is 12.9. The topological polar surface area (TPSA) is 98.0 Å². The van der Waals surface area contributed by atoms with Crippen molar-refractivity contribution in [2.24, 2.45) is 0 Å². The third-order valence-electron chi connectivity index (χ3n) is 4.70. The summed E-state index contributed by atoms with van der Waals surface area (Å²) in [5, 5.41) is 12.1. The number of aromatic nitrogens is 3. The molecule has 0 spiro atoms. The SMILES string of the molecule is N#Cc1ccc(Nc2cc(C(=O)N3CCN(c4ncccn4)CC3)ccn2)cc1. The lowest BCUT2D eigenvalue weighted by molar-refractivity contribution is 0.0746. The molecule has 8 heteroatoms. The molecule has 1 N–H and O–H groups in total. The van der Waals surface area contributed by atoms with Gasteiger partial charge in [0.05, 0.1) is 11.6 Å². The van der Waals surface area contributed by atoms with E-state index >= 15 is 0 Å². The summed E-state index contributed by atoms with van der Waals surface area (Å²) >= 11 is 0. The van der Waals surface area contributed by atoms with E-state index in [9.17, 15) is 4.79 Å². The van der Waals surface area contributed by atoms with Gasteiger partial charge in [0.2, 0.25) is 5.95 Å². The third-order valence-corrected chi connectivity index (χ3v) is 4.70. The van der Waals surface area contributed by atoms with Crippen molar-refractivity contribution < 1.29 is 4.79 Å². The van der Waals surface area contributed by atoms with Gasteiger partial charge in [0.25, 0.3) is 5.91 Å². The van der Waals surface area contributed by atoms with Gasteiger partial charge in [-0.2, -0.15) is 5.26 Å². The quantitative estimate of drug-likeness (QED) is 0.736. The number of rotatable bonds is 4. The fourth-order valence-corrected chi connectivity index (χ4v) is 3.15. The minimum absolute atomic E-state index is 0.0242. The minimum Gasteiger partial charge on any atom is -0.340 e. The van der Waals surface area contributed by atoms with Gasteiger partial charge in [-0.1, -0.05) is 0 Å². The number of nitrogens with zero attached hydrogens (tertiary/aromatic N) is 6. The summed E-state index contributed by atoms with van der Waals surface area (Å²) in [5.41, 5.74) is 1.98. The Morgan fingerprint density at radius 3 is 2.38 bits per heavy atom. The summed E-state index contributed by atoms with van der Waals surface area (Å²) in [6, 6.07) is 14.4. The van der Waals surface area contributed by atoms with Gasteiger partial charge in [-0.15, -0.1) is 0 Å². The average molecular weight is 385 g/mol. The van der Waals surface area contributed by atoms with Crippen LogP contribution in [0, 0.1) is 11.3 Å². The number of hydrogen-bond donors (Lipinski definition) is 1. The van der Waals surface area contributed by atoms with Crippen LogP contribution in [-0.2, 0) is 0 Å². The van der Waals surface area contributed by atoms with Gasteiger partial charge in [0.15, 0.2) is 0 Å². The lowest BCUT2D eigenvalue weighted by atomic mass is 10.2. The normalized spacial score (nSPS) is 13.6. The van der Waals surface area contributed by atoms with Crippen LogP contribution >= 0.6 is 0 Å². The Morgan fingerprint density at radius 2 is 1.69 bits per heavy atom. The highest BCUT2D eigenvalue weighted by atomic mass is 16.2. The summed E-state index contributed by atoms with van der Waals surface area (Å²) in [6.07, 6.45) is 5.06. The van der Waals surface area contributed by atoms with Crippen LogP contribution in [0.2, 0.25) is 0 Å². The van der Waals surface area contributed by atoms with Crippen LogP contribution in [0.4, 0.5) is 17.5 Å². The van der Waals surface area contributed by atoms with Gasteiger partial charge in [0, 0.05) is 56.0 Å². The zero-order valence-corrected chi connectivity index (χ0v) is 15.7. The first-order valence-electron chi connectivity index (χ1n) is 9.27. The predicted octanol–water partition coefficient (Wildman–Crippen LogP) is 2.45. The number of carbonyl (C=O) groups excluding carboxylic acids is 1. The molecule has 0 unspecified atom stereocenters. The van der Waals surface area contributed by atoms with Crippen LogP contribution in [0.5, 0.6) is 0 Å². The van der Waals surface area contributed by atoms with E-state index in [4.69, 9.17) is 5.26 Å². The van der Waals surface area contributed by atoms with E-state index in [0.717, 1.165) is 5.69 Å². The molecular formula is C21H19N7O. The molecule has 1 amide bonds. The highest BCUT2D eigenvalue weighted by Crippen LogP contribution is 2.18. The van der Waals surface area contributed by atoms with E-state index in [1.54, 1.807) is 61.1 Å². The van der Waals surface area contributed by atoms with Crippen LogP contribution in [0.1, 0.15) is 15.9 Å². The second-order valence-corrected chi connectivity index (χ2v) is 6.57. The first kappa shape index (κ1) is 18.4. The molecule has 1 fully saturated rings. The largest absolute Gasteiger partial charge is 0.340 e. The van der Waals surface area contributed by atoms with Gasteiger partial charge in [-0.25, -0.2) is 15.0 Å². The molecule has 0 radical (unpaired) electrons. The van der Waals surface area contributed by atoms with E-state index in [-0.39, 0.29) is 5.91 Å². The zero-order chi connectivity index (χ0) is 20.1. The van der Waals surface area contributed by atoms with Gasteiger partial charge in [-0.3, -0.25) is 4.79 Å². The van der Waals surface area contributed by atoms with Crippen molar-refractivity contribution in [1.29, 1.82) is 5.26 Å². The van der Waals surface area contributed by atoms with Crippen molar-refractivity contribution >= 4 is 23.4 Å². The second kappa shape index (κ2) is 8.35. The molecule has 8 nitrogen and oxygen atoms in total. The molecule has 1 saturated heterocycles. The third kappa shape index (κ3) is 4.30. The summed E-state index contributed by atoms with van der Waals surface area (Å²) in [5.74, 6) is 1.25. The van der Waals surface area contributed by atoms with E-state index in [1.165, 1.54) is 0 Å². The van der Waals surface area contributed by atoms with Crippen molar-refractivity contribution in [2.45, 2.75) is 0 Å². The smallest absolute Gasteiger partial charge is 0.254 e. The van der Waals surface area contributed by atoms with Crippen molar-refractivity contribution in [3.63, 3.8) is 0 Å². The monoisotopic (exact) mass is 385 g/mol. The molecule has 144 valence electrons. The van der Waals surface area contributed by atoms with Crippen LogP contribution in [0.3, 0.4) is 0 Å². The fourth-order valence-electron chi connectivity index (χ4n) is 3.15. The zero-order valence-electron chi connectivity index (χ0n) is 15.7. The Morgan fingerprint density at radius 1 is 0.966 bits per heavy atom. The highest BCUT2D eigenvalue weighted by molar-refractivity contribution is 5.95. The molecule has 0 atom stereocenters. The predicted molar refractivity (Wildman–Crippen MR) is 109 cm³/mol. The summed E-state index contributed by atoms with van der Waals surface area (Å²) in [7, 11) is 0. The summed E-state index contributed by atoms with van der Waals surface area (Å²) in [4.78, 5) is 29.7. The molecule has 1 aromatic carbocycles. The van der Waals surface area contributed by atoms with Gasteiger partial charge in [-0.05, 0) is 42.5 Å². The standard InChI is InChI=1S/C21H19N7O/c22-15-16-2-4-18(5-3-16)26-19-14-17(6-9-23-19)20(29)27-10-12-28(13-11-27)21-24-7-1-8-25-21/h1-9,14H,10-13H2,(H,23,26). The van der Waals surface area contributed by atoms with Crippen molar-refractivity contribution in [3.05, 3.63) is 72.2 Å². The van der Waals surface area contributed by atoms with E-state index in [0.29, 0.717) is 49.1 Å². The van der Waals surface area contributed by atoms with Crippen molar-refractivity contribution in [3.8, 4) is 6.07 Å². The number of anilines is 3. The Balaban J connectivity index is 1.40. The number of nitrogens with one attached hydrogen (secondary N) is 1. The molecule has 29 heavy (non-hydrogen) atoms. The summed E-state index contributed by atoms with van der Waals surface area (Å²) in [6.45, 7) is 2.60. The second-order valence-electron chi connectivity index (χ2n) is 6.57. The number of piperazine rings is 1.